The van der Waals surface area contributed by atoms with E-state index < -0.39 is 0 Å². The molecule has 3 rings (SSSR count). The molecule has 0 fully saturated rings. The molecule has 0 bridgehead atoms. The summed E-state index contributed by atoms with van der Waals surface area (Å²) >= 11 is 0. The van der Waals surface area contributed by atoms with Crippen LogP contribution in [0.1, 0.15) is 30.8 Å². The van der Waals surface area contributed by atoms with E-state index in [-0.39, 0.29) is 18.7 Å². The Morgan fingerprint density at radius 2 is 2.29 bits per heavy atom. The Balaban J connectivity index is 1.52. The molecule has 1 amide bonds. The van der Waals surface area contributed by atoms with Crippen molar-refractivity contribution in [2.45, 2.75) is 25.8 Å². The second kappa shape index (κ2) is 5.82. The van der Waals surface area contributed by atoms with Gasteiger partial charge in [-0.3, -0.25) is 9.89 Å². The average Bonchev–Trinajstić information content (AvgIpc) is 3.15. The molecule has 1 unspecified atom stereocenters. The molecule has 2 heterocycles. The van der Waals surface area contributed by atoms with Crippen LogP contribution in [-0.2, 0) is 11.2 Å². The lowest BCUT2D eigenvalue weighted by Crippen LogP contribution is -2.27. The molecule has 2 N–H and O–H groups in total. The number of hydrogen-bond donors (Lipinski definition) is 2. The molecule has 0 aliphatic carbocycles. The maximum Gasteiger partial charge on any atom is 0.231 e. The molecular weight excluding hydrogens is 272 g/mol. The molecule has 0 saturated carbocycles. The SMILES string of the molecule is CC(NC(=O)CCc1ccc2c(c1)OCO2)c1ncn[nH]1. The molecule has 2 aromatic rings. The van der Waals surface area contributed by atoms with Crippen molar-refractivity contribution in [2.75, 3.05) is 6.79 Å². The van der Waals surface area contributed by atoms with Crippen LogP contribution >= 0.6 is 0 Å². The second-order valence-corrected chi connectivity index (χ2v) is 4.85. The van der Waals surface area contributed by atoms with Gasteiger partial charge in [-0.05, 0) is 31.0 Å². The zero-order valence-electron chi connectivity index (χ0n) is 11.6. The lowest BCUT2D eigenvalue weighted by Gasteiger charge is -2.11. The molecule has 0 spiro atoms. The number of rotatable bonds is 5. The minimum Gasteiger partial charge on any atom is -0.454 e. The predicted octanol–water partition coefficient (Wildman–Crippen LogP) is 1.34. The number of aromatic nitrogens is 3. The van der Waals surface area contributed by atoms with Crippen LogP contribution in [0.2, 0.25) is 0 Å². The molecule has 0 radical (unpaired) electrons. The molecule has 21 heavy (non-hydrogen) atoms. The highest BCUT2D eigenvalue weighted by Gasteiger charge is 2.15. The Bertz CT molecular complexity index is 627. The summed E-state index contributed by atoms with van der Waals surface area (Å²) in [6, 6.07) is 5.54. The van der Waals surface area contributed by atoms with Crippen LogP contribution < -0.4 is 14.8 Å². The number of fused-ring (bicyclic) bond motifs is 1. The van der Waals surface area contributed by atoms with Gasteiger partial charge in [0, 0.05) is 6.42 Å². The maximum atomic E-state index is 11.9. The first-order valence-corrected chi connectivity index (χ1v) is 6.75. The molecule has 1 aromatic carbocycles. The van der Waals surface area contributed by atoms with Crippen molar-refractivity contribution in [3.8, 4) is 11.5 Å². The van der Waals surface area contributed by atoms with Gasteiger partial charge in [0.15, 0.2) is 11.5 Å². The number of nitrogens with zero attached hydrogens (tertiary/aromatic N) is 2. The van der Waals surface area contributed by atoms with E-state index in [1.165, 1.54) is 6.33 Å². The monoisotopic (exact) mass is 288 g/mol. The van der Waals surface area contributed by atoms with Gasteiger partial charge in [0.25, 0.3) is 0 Å². The highest BCUT2D eigenvalue weighted by atomic mass is 16.7. The van der Waals surface area contributed by atoms with Gasteiger partial charge < -0.3 is 14.8 Å². The normalized spacial score (nSPS) is 14.0. The zero-order valence-corrected chi connectivity index (χ0v) is 11.6. The number of carbonyl (C=O) groups excluding carboxylic acids is 1. The summed E-state index contributed by atoms with van der Waals surface area (Å²) in [5.41, 5.74) is 1.04. The van der Waals surface area contributed by atoms with Gasteiger partial charge in [-0.15, -0.1) is 0 Å². The van der Waals surface area contributed by atoms with Crippen LogP contribution in [0, 0.1) is 0 Å². The highest BCUT2D eigenvalue weighted by molar-refractivity contribution is 5.76. The molecule has 1 atom stereocenters. The second-order valence-electron chi connectivity index (χ2n) is 4.85. The van der Waals surface area contributed by atoms with E-state index in [2.05, 4.69) is 20.5 Å². The summed E-state index contributed by atoms with van der Waals surface area (Å²) in [5, 5.41) is 9.38. The van der Waals surface area contributed by atoms with E-state index in [9.17, 15) is 4.79 Å². The number of ether oxygens (including phenoxy) is 2. The maximum absolute atomic E-state index is 11.9. The van der Waals surface area contributed by atoms with E-state index in [0.29, 0.717) is 18.7 Å². The molecule has 1 aliphatic rings. The molecule has 7 nitrogen and oxygen atoms in total. The fourth-order valence-corrected chi connectivity index (χ4v) is 2.16. The van der Waals surface area contributed by atoms with Crippen LogP contribution in [0.15, 0.2) is 24.5 Å². The number of H-pyrrole nitrogens is 1. The molecule has 1 aromatic heterocycles. The van der Waals surface area contributed by atoms with Gasteiger partial charge in [0.2, 0.25) is 12.7 Å². The van der Waals surface area contributed by atoms with E-state index in [0.717, 1.165) is 17.1 Å². The van der Waals surface area contributed by atoms with Crippen molar-refractivity contribution in [1.82, 2.24) is 20.5 Å². The Hall–Kier alpha value is -2.57. The smallest absolute Gasteiger partial charge is 0.231 e. The van der Waals surface area contributed by atoms with Crippen molar-refractivity contribution in [1.29, 1.82) is 0 Å². The minimum absolute atomic E-state index is 0.0310. The fourth-order valence-electron chi connectivity index (χ4n) is 2.16. The van der Waals surface area contributed by atoms with Crippen molar-refractivity contribution < 1.29 is 14.3 Å². The number of nitrogens with one attached hydrogen (secondary N) is 2. The first-order valence-electron chi connectivity index (χ1n) is 6.75. The van der Waals surface area contributed by atoms with Crippen molar-refractivity contribution >= 4 is 5.91 Å². The largest absolute Gasteiger partial charge is 0.454 e. The zero-order chi connectivity index (χ0) is 14.7. The van der Waals surface area contributed by atoms with Crippen molar-refractivity contribution in [3.63, 3.8) is 0 Å². The Morgan fingerprint density at radius 1 is 1.43 bits per heavy atom. The van der Waals surface area contributed by atoms with E-state index in [4.69, 9.17) is 9.47 Å². The third-order valence-electron chi connectivity index (χ3n) is 3.30. The molecular formula is C14H16N4O3. The number of amides is 1. The molecule has 0 saturated heterocycles. The van der Waals surface area contributed by atoms with E-state index in [1.54, 1.807) is 0 Å². The number of aromatic amines is 1. The summed E-state index contributed by atoms with van der Waals surface area (Å²) < 4.78 is 10.6. The molecule has 1 aliphatic heterocycles. The van der Waals surface area contributed by atoms with Gasteiger partial charge in [-0.25, -0.2) is 4.98 Å². The van der Waals surface area contributed by atoms with Crippen LogP contribution in [-0.4, -0.2) is 27.9 Å². The first-order chi connectivity index (χ1) is 10.2. The third-order valence-corrected chi connectivity index (χ3v) is 3.30. The lowest BCUT2D eigenvalue weighted by atomic mass is 10.1. The topological polar surface area (TPSA) is 89.1 Å². The van der Waals surface area contributed by atoms with Crippen molar-refractivity contribution in [2.24, 2.45) is 0 Å². The Labute approximate surface area is 121 Å². The minimum atomic E-state index is -0.184. The van der Waals surface area contributed by atoms with Crippen LogP contribution in [0.25, 0.3) is 0 Å². The predicted molar refractivity (Wildman–Crippen MR) is 73.8 cm³/mol. The number of benzene rings is 1. The number of hydrogen-bond acceptors (Lipinski definition) is 5. The molecule has 110 valence electrons. The third kappa shape index (κ3) is 3.13. The number of carbonyl (C=O) groups is 1. The van der Waals surface area contributed by atoms with Crippen LogP contribution in [0.3, 0.4) is 0 Å². The summed E-state index contributed by atoms with van der Waals surface area (Å²) in [6.07, 6.45) is 2.47. The quantitative estimate of drug-likeness (QED) is 0.866. The molecule has 7 heteroatoms. The van der Waals surface area contributed by atoms with Gasteiger partial charge in [0.1, 0.15) is 12.2 Å². The summed E-state index contributed by atoms with van der Waals surface area (Å²) in [5.74, 6) is 2.10. The lowest BCUT2D eigenvalue weighted by molar-refractivity contribution is -0.121. The van der Waals surface area contributed by atoms with E-state index in [1.807, 2.05) is 25.1 Å². The summed E-state index contributed by atoms with van der Waals surface area (Å²) in [7, 11) is 0. The van der Waals surface area contributed by atoms with Gasteiger partial charge in [-0.1, -0.05) is 6.07 Å². The summed E-state index contributed by atoms with van der Waals surface area (Å²) in [6.45, 7) is 2.12. The Kier molecular flexibility index (Phi) is 3.72. The van der Waals surface area contributed by atoms with Gasteiger partial charge >= 0.3 is 0 Å². The van der Waals surface area contributed by atoms with E-state index >= 15 is 0 Å². The Morgan fingerprint density at radius 3 is 3.10 bits per heavy atom. The van der Waals surface area contributed by atoms with Crippen LogP contribution in [0.4, 0.5) is 0 Å². The fraction of sp³-hybridized carbons (Fsp3) is 0.357. The van der Waals surface area contributed by atoms with Crippen molar-refractivity contribution in [3.05, 3.63) is 35.9 Å². The van der Waals surface area contributed by atoms with Gasteiger partial charge in [-0.2, -0.15) is 5.10 Å². The van der Waals surface area contributed by atoms with Crippen LogP contribution in [0.5, 0.6) is 11.5 Å². The van der Waals surface area contributed by atoms with Gasteiger partial charge in [0.05, 0.1) is 6.04 Å². The number of aryl methyl sites for hydroxylation is 1. The average molecular weight is 288 g/mol. The standard InChI is InChI=1S/C14H16N4O3/c1-9(14-15-7-16-18-14)17-13(19)5-3-10-2-4-11-12(6-10)21-8-20-11/h2,4,6-7,9H,3,5,8H2,1H3,(H,17,19)(H,15,16,18). The first kappa shape index (κ1) is 13.4. The highest BCUT2D eigenvalue weighted by Crippen LogP contribution is 2.32. The summed E-state index contributed by atoms with van der Waals surface area (Å²) in [4.78, 5) is 15.9.